The highest BCUT2D eigenvalue weighted by atomic mass is 79.9. The molecule has 4 aromatic rings. The van der Waals surface area contributed by atoms with Crippen molar-refractivity contribution in [3.05, 3.63) is 64.1 Å². The standard InChI is InChI=1S/C17H10BrClN2O/c18-12-9-10(19)5-6-11(12)15-7-8-16(22-15)17-20-13-3-1-2-4-14(13)21-17/h1-9H,(H,20,21). The highest BCUT2D eigenvalue weighted by Gasteiger charge is 2.12. The minimum atomic E-state index is 0.680. The number of furan rings is 1. The molecule has 0 spiro atoms. The number of imidazole rings is 1. The minimum absolute atomic E-state index is 0.680. The number of aromatic amines is 1. The first-order valence-electron chi connectivity index (χ1n) is 6.71. The molecule has 2 heterocycles. The summed E-state index contributed by atoms with van der Waals surface area (Å²) in [5, 5.41) is 0.680. The monoisotopic (exact) mass is 372 g/mol. The number of hydrogen-bond donors (Lipinski definition) is 1. The van der Waals surface area contributed by atoms with E-state index in [0.717, 1.165) is 32.7 Å². The van der Waals surface area contributed by atoms with E-state index in [-0.39, 0.29) is 0 Å². The summed E-state index contributed by atoms with van der Waals surface area (Å²) in [5.41, 5.74) is 2.86. The molecule has 0 radical (unpaired) electrons. The minimum Gasteiger partial charge on any atom is -0.453 e. The molecule has 1 N–H and O–H groups in total. The van der Waals surface area contributed by atoms with Crippen molar-refractivity contribution in [3.8, 4) is 22.9 Å². The Bertz CT molecular complexity index is 941. The number of H-pyrrole nitrogens is 1. The molecule has 0 fully saturated rings. The molecule has 108 valence electrons. The van der Waals surface area contributed by atoms with Crippen molar-refractivity contribution in [2.45, 2.75) is 0 Å². The lowest BCUT2D eigenvalue weighted by Gasteiger charge is -2.01. The van der Waals surface area contributed by atoms with Gasteiger partial charge >= 0.3 is 0 Å². The van der Waals surface area contributed by atoms with Gasteiger partial charge in [-0.25, -0.2) is 4.98 Å². The molecule has 0 aliphatic carbocycles. The van der Waals surface area contributed by atoms with Crippen molar-refractivity contribution in [3.63, 3.8) is 0 Å². The summed E-state index contributed by atoms with van der Waals surface area (Å²) in [6, 6.07) is 17.3. The predicted octanol–water partition coefficient (Wildman–Crippen LogP) is 5.91. The van der Waals surface area contributed by atoms with Gasteiger partial charge in [0.15, 0.2) is 11.6 Å². The number of halogens is 2. The lowest BCUT2D eigenvalue weighted by Crippen LogP contribution is -1.77. The van der Waals surface area contributed by atoms with Gasteiger partial charge in [0, 0.05) is 15.1 Å². The van der Waals surface area contributed by atoms with Crippen LogP contribution in [0.3, 0.4) is 0 Å². The third-order valence-electron chi connectivity index (χ3n) is 3.43. The Kier molecular flexibility index (Phi) is 3.28. The fourth-order valence-electron chi connectivity index (χ4n) is 2.37. The molecule has 0 unspecified atom stereocenters. The van der Waals surface area contributed by atoms with Gasteiger partial charge in [-0.1, -0.05) is 23.7 Å². The summed E-state index contributed by atoms with van der Waals surface area (Å²) in [7, 11) is 0. The Morgan fingerprint density at radius 1 is 1.00 bits per heavy atom. The summed E-state index contributed by atoms with van der Waals surface area (Å²) in [5.74, 6) is 2.18. The molecule has 0 atom stereocenters. The maximum absolute atomic E-state index is 5.98. The molecule has 2 aromatic carbocycles. The molecule has 0 aliphatic heterocycles. The van der Waals surface area contributed by atoms with Crippen molar-refractivity contribution in [1.29, 1.82) is 0 Å². The average Bonchev–Trinajstić information content (AvgIpc) is 3.13. The van der Waals surface area contributed by atoms with Crippen LogP contribution in [0.25, 0.3) is 33.9 Å². The second-order valence-electron chi connectivity index (χ2n) is 4.89. The molecule has 22 heavy (non-hydrogen) atoms. The zero-order chi connectivity index (χ0) is 15.1. The van der Waals surface area contributed by atoms with Gasteiger partial charge in [-0.3, -0.25) is 0 Å². The topological polar surface area (TPSA) is 41.8 Å². The molecule has 2 aromatic heterocycles. The van der Waals surface area contributed by atoms with Crippen molar-refractivity contribution in [1.82, 2.24) is 9.97 Å². The molecule has 5 heteroatoms. The van der Waals surface area contributed by atoms with Crippen LogP contribution in [0.15, 0.2) is 63.5 Å². The fraction of sp³-hybridized carbons (Fsp3) is 0. The Labute approximate surface area is 140 Å². The van der Waals surface area contributed by atoms with Crippen LogP contribution in [-0.4, -0.2) is 9.97 Å². The first-order chi connectivity index (χ1) is 10.7. The van der Waals surface area contributed by atoms with E-state index in [9.17, 15) is 0 Å². The van der Waals surface area contributed by atoms with Crippen LogP contribution in [0.5, 0.6) is 0 Å². The van der Waals surface area contributed by atoms with E-state index in [1.54, 1.807) is 0 Å². The van der Waals surface area contributed by atoms with Gasteiger partial charge in [-0.2, -0.15) is 0 Å². The van der Waals surface area contributed by atoms with Crippen molar-refractivity contribution in [2.24, 2.45) is 0 Å². The third-order valence-corrected chi connectivity index (χ3v) is 4.32. The molecule has 0 bridgehead atoms. The lowest BCUT2D eigenvalue weighted by atomic mass is 10.2. The first kappa shape index (κ1) is 13.6. The fourth-order valence-corrected chi connectivity index (χ4v) is 3.25. The van der Waals surface area contributed by atoms with E-state index < -0.39 is 0 Å². The summed E-state index contributed by atoms with van der Waals surface area (Å²) < 4.78 is 6.83. The quantitative estimate of drug-likeness (QED) is 0.475. The van der Waals surface area contributed by atoms with E-state index in [0.29, 0.717) is 10.8 Å². The van der Waals surface area contributed by atoms with Gasteiger partial charge in [0.2, 0.25) is 0 Å². The van der Waals surface area contributed by atoms with Gasteiger partial charge in [-0.05, 0) is 58.4 Å². The van der Waals surface area contributed by atoms with Crippen molar-refractivity contribution < 1.29 is 4.42 Å². The van der Waals surface area contributed by atoms with Crippen LogP contribution in [-0.2, 0) is 0 Å². The molecule has 0 saturated carbocycles. The summed E-state index contributed by atoms with van der Waals surface area (Å²) >= 11 is 9.48. The zero-order valence-electron chi connectivity index (χ0n) is 11.3. The number of nitrogens with one attached hydrogen (secondary N) is 1. The highest BCUT2D eigenvalue weighted by molar-refractivity contribution is 9.10. The van der Waals surface area contributed by atoms with Crippen LogP contribution in [0, 0.1) is 0 Å². The van der Waals surface area contributed by atoms with Crippen molar-refractivity contribution in [2.75, 3.05) is 0 Å². The zero-order valence-corrected chi connectivity index (χ0v) is 13.6. The van der Waals surface area contributed by atoms with Crippen molar-refractivity contribution >= 4 is 38.6 Å². The van der Waals surface area contributed by atoms with E-state index in [1.807, 2.05) is 54.6 Å². The lowest BCUT2D eigenvalue weighted by molar-refractivity contribution is 0.593. The Morgan fingerprint density at radius 2 is 1.82 bits per heavy atom. The smallest absolute Gasteiger partial charge is 0.174 e. The Hall–Kier alpha value is -2.04. The van der Waals surface area contributed by atoms with Crippen LogP contribution in [0.1, 0.15) is 0 Å². The van der Waals surface area contributed by atoms with E-state index in [1.165, 1.54) is 0 Å². The summed E-state index contributed by atoms with van der Waals surface area (Å²) in [6.45, 7) is 0. The van der Waals surface area contributed by atoms with E-state index in [2.05, 4.69) is 25.9 Å². The number of aromatic nitrogens is 2. The molecule has 0 saturated heterocycles. The number of para-hydroxylation sites is 2. The predicted molar refractivity (Wildman–Crippen MR) is 91.9 cm³/mol. The maximum Gasteiger partial charge on any atom is 0.174 e. The van der Waals surface area contributed by atoms with E-state index >= 15 is 0 Å². The van der Waals surface area contributed by atoms with Gasteiger partial charge in [-0.15, -0.1) is 0 Å². The highest BCUT2D eigenvalue weighted by Crippen LogP contribution is 2.34. The summed E-state index contributed by atoms with van der Waals surface area (Å²) in [6.07, 6.45) is 0. The molecule has 4 rings (SSSR count). The van der Waals surface area contributed by atoms with Gasteiger partial charge in [0.05, 0.1) is 11.0 Å². The molecular weight excluding hydrogens is 364 g/mol. The third kappa shape index (κ3) is 2.34. The normalized spacial score (nSPS) is 11.2. The second kappa shape index (κ2) is 5.30. The molecule has 3 nitrogen and oxygen atoms in total. The van der Waals surface area contributed by atoms with Crippen LogP contribution in [0.2, 0.25) is 5.02 Å². The molecular formula is C17H10BrClN2O. The largest absolute Gasteiger partial charge is 0.453 e. The molecule has 0 aliphatic rings. The SMILES string of the molecule is Clc1ccc(-c2ccc(-c3nc4ccccc4[nH]3)o2)c(Br)c1. The van der Waals surface area contributed by atoms with E-state index in [4.69, 9.17) is 16.0 Å². The number of hydrogen-bond acceptors (Lipinski definition) is 2. The number of nitrogens with zero attached hydrogens (tertiary/aromatic N) is 1. The number of benzene rings is 2. The van der Waals surface area contributed by atoms with Crippen LogP contribution >= 0.6 is 27.5 Å². The second-order valence-corrected chi connectivity index (χ2v) is 6.18. The number of fused-ring (bicyclic) bond motifs is 1. The average molecular weight is 374 g/mol. The Morgan fingerprint density at radius 3 is 2.64 bits per heavy atom. The summed E-state index contributed by atoms with van der Waals surface area (Å²) in [4.78, 5) is 7.81. The molecule has 0 amide bonds. The maximum atomic E-state index is 5.98. The van der Waals surface area contributed by atoms with Gasteiger partial charge in [0.25, 0.3) is 0 Å². The van der Waals surface area contributed by atoms with Gasteiger partial charge in [0.1, 0.15) is 5.76 Å². The Balaban J connectivity index is 1.77. The van der Waals surface area contributed by atoms with Crippen LogP contribution < -0.4 is 0 Å². The first-order valence-corrected chi connectivity index (χ1v) is 7.88. The van der Waals surface area contributed by atoms with Gasteiger partial charge < -0.3 is 9.40 Å². The number of rotatable bonds is 2. The van der Waals surface area contributed by atoms with Crippen LogP contribution in [0.4, 0.5) is 0 Å².